The van der Waals surface area contributed by atoms with Crippen molar-refractivity contribution in [1.82, 2.24) is 14.9 Å². The average molecular weight is 371 g/mol. The van der Waals surface area contributed by atoms with Gasteiger partial charge in [-0.25, -0.2) is 9.97 Å². The average Bonchev–Trinajstić information content (AvgIpc) is 2.66. The molecule has 144 valence electrons. The summed E-state index contributed by atoms with van der Waals surface area (Å²) < 4.78 is 16.5. The Kier molecular flexibility index (Phi) is 5.78. The van der Waals surface area contributed by atoms with Crippen LogP contribution in [0.2, 0.25) is 0 Å². The summed E-state index contributed by atoms with van der Waals surface area (Å²) in [6.07, 6.45) is 1.62. The number of carbonyl (C=O) groups excluding carboxylic acids is 1. The Hall–Kier alpha value is -2.83. The standard InChI is InChI=1S/C20H25N3O4/c1-13-10-14(2)22-20(21-13)27-16-6-5-9-23(12-16)19(24)15-7-8-17(25-3)18(11-15)26-4/h7-8,10-11,16H,5-6,9,12H2,1-4H3. The Bertz CT molecular complexity index is 805. The van der Waals surface area contributed by atoms with E-state index in [4.69, 9.17) is 14.2 Å². The van der Waals surface area contributed by atoms with Crippen LogP contribution in [0.15, 0.2) is 24.3 Å². The van der Waals surface area contributed by atoms with Crippen LogP contribution in [0.25, 0.3) is 0 Å². The number of amides is 1. The number of hydrogen-bond donors (Lipinski definition) is 0. The van der Waals surface area contributed by atoms with E-state index < -0.39 is 0 Å². The van der Waals surface area contributed by atoms with Crippen LogP contribution < -0.4 is 14.2 Å². The number of likely N-dealkylation sites (tertiary alicyclic amines) is 1. The minimum atomic E-state index is -0.121. The number of benzene rings is 1. The van der Waals surface area contributed by atoms with Gasteiger partial charge in [-0.15, -0.1) is 0 Å². The molecule has 0 radical (unpaired) electrons. The Labute approximate surface area is 159 Å². The van der Waals surface area contributed by atoms with Crippen molar-refractivity contribution in [3.63, 3.8) is 0 Å². The van der Waals surface area contributed by atoms with Crippen molar-refractivity contribution in [3.05, 3.63) is 41.2 Å². The lowest BCUT2D eigenvalue weighted by molar-refractivity contribution is 0.0514. The number of rotatable bonds is 5. The third-order valence-electron chi connectivity index (χ3n) is 4.53. The summed E-state index contributed by atoms with van der Waals surface area (Å²) in [6.45, 7) is 5.02. The zero-order valence-electron chi connectivity index (χ0n) is 16.2. The third-order valence-corrected chi connectivity index (χ3v) is 4.53. The predicted octanol–water partition coefficient (Wildman–Crippen LogP) is 2.79. The maximum atomic E-state index is 12.9. The van der Waals surface area contributed by atoms with Gasteiger partial charge in [0.1, 0.15) is 6.10 Å². The summed E-state index contributed by atoms with van der Waals surface area (Å²) in [7, 11) is 3.13. The summed E-state index contributed by atoms with van der Waals surface area (Å²) in [6, 6.07) is 7.48. The molecular weight excluding hydrogens is 346 g/mol. The van der Waals surface area contributed by atoms with Crippen LogP contribution in [0.1, 0.15) is 34.6 Å². The Morgan fingerprint density at radius 1 is 1.07 bits per heavy atom. The van der Waals surface area contributed by atoms with Crippen molar-refractivity contribution in [2.75, 3.05) is 27.3 Å². The third kappa shape index (κ3) is 4.48. The first-order chi connectivity index (χ1) is 13.0. The van der Waals surface area contributed by atoms with Crippen molar-refractivity contribution >= 4 is 5.91 Å². The van der Waals surface area contributed by atoms with Gasteiger partial charge in [-0.3, -0.25) is 4.79 Å². The fourth-order valence-electron chi connectivity index (χ4n) is 3.27. The van der Waals surface area contributed by atoms with Crippen LogP contribution in [0.3, 0.4) is 0 Å². The van der Waals surface area contributed by atoms with E-state index in [0.29, 0.717) is 36.2 Å². The molecule has 0 N–H and O–H groups in total. The molecular formula is C20H25N3O4. The summed E-state index contributed by atoms with van der Waals surface area (Å²) >= 11 is 0. The molecule has 1 aliphatic rings. The monoisotopic (exact) mass is 371 g/mol. The molecule has 1 saturated heterocycles. The molecule has 1 aliphatic heterocycles. The van der Waals surface area contributed by atoms with E-state index in [-0.39, 0.29) is 12.0 Å². The van der Waals surface area contributed by atoms with Gasteiger partial charge < -0.3 is 19.1 Å². The SMILES string of the molecule is COc1ccc(C(=O)N2CCCC(Oc3nc(C)cc(C)n3)C2)cc1OC. The van der Waals surface area contributed by atoms with Crippen molar-refractivity contribution < 1.29 is 19.0 Å². The van der Waals surface area contributed by atoms with E-state index in [9.17, 15) is 4.79 Å². The maximum absolute atomic E-state index is 12.9. The van der Waals surface area contributed by atoms with E-state index in [1.54, 1.807) is 37.3 Å². The molecule has 1 fully saturated rings. The Balaban J connectivity index is 1.71. The number of nitrogens with zero attached hydrogens (tertiary/aromatic N) is 3. The number of aryl methyl sites for hydroxylation is 2. The lowest BCUT2D eigenvalue weighted by Gasteiger charge is -2.32. The molecule has 2 heterocycles. The van der Waals surface area contributed by atoms with Gasteiger partial charge in [-0.05, 0) is 51.0 Å². The van der Waals surface area contributed by atoms with Crippen LogP contribution in [-0.4, -0.2) is 54.2 Å². The second-order valence-corrected chi connectivity index (χ2v) is 6.64. The maximum Gasteiger partial charge on any atom is 0.317 e. The first kappa shape index (κ1) is 18.9. The summed E-state index contributed by atoms with van der Waals surface area (Å²) in [5, 5.41) is 0. The van der Waals surface area contributed by atoms with Gasteiger partial charge in [0, 0.05) is 23.5 Å². The van der Waals surface area contributed by atoms with Crippen molar-refractivity contribution in [2.24, 2.45) is 0 Å². The molecule has 3 rings (SSSR count). The number of hydrogen-bond acceptors (Lipinski definition) is 6. The van der Waals surface area contributed by atoms with Gasteiger partial charge in [-0.1, -0.05) is 0 Å². The quantitative estimate of drug-likeness (QED) is 0.805. The molecule has 2 aromatic rings. The molecule has 7 heteroatoms. The number of piperidine rings is 1. The fraction of sp³-hybridized carbons (Fsp3) is 0.450. The molecule has 1 amide bonds. The molecule has 27 heavy (non-hydrogen) atoms. The zero-order valence-corrected chi connectivity index (χ0v) is 16.2. The molecule has 1 aromatic carbocycles. The molecule has 7 nitrogen and oxygen atoms in total. The van der Waals surface area contributed by atoms with Gasteiger partial charge in [-0.2, -0.15) is 0 Å². The number of carbonyl (C=O) groups is 1. The van der Waals surface area contributed by atoms with Crippen LogP contribution in [-0.2, 0) is 0 Å². The molecule has 1 aromatic heterocycles. The van der Waals surface area contributed by atoms with Crippen LogP contribution >= 0.6 is 0 Å². The van der Waals surface area contributed by atoms with Gasteiger partial charge >= 0.3 is 6.01 Å². The molecule has 1 unspecified atom stereocenters. The van der Waals surface area contributed by atoms with E-state index >= 15 is 0 Å². The summed E-state index contributed by atoms with van der Waals surface area (Å²) in [4.78, 5) is 23.4. The molecule has 1 atom stereocenters. The number of ether oxygens (including phenoxy) is 3. The van der Waals surface area contributed by atoms with E-state index in [0.717, 1.165) is 24.2 Å². The summed E-state index contributed by atoms with van der Waals surface area (Å²) in [5.41, 5.74) is 2.30. The molecule has 0 bridgehead atoms. The lowest BCUT2D eigenvalue weighted by Crippen LogP contribution is -2.44. The van der Waals surface area contributed by atoms with Gasteiger partial charge in [0.05, 0.1) is 20.8 Å². The number of methoxy groups -OCH3 is 2. The van der Waals surface area contributed by atoms with Crippen LogP contribution in [0, 0.1) is 13.8 Å². The molecule has 0 spiro atoms. The van der Waals surface area contributed by atoms with E-state index in [2.05, 4.69) is 9.97 Å². The summed E-state index contributed by atoms with van der Waals surface area (Å²) in [5.74, 6) is 1.09. The fourth-order valence-corrected chi connectivity index (χ4v) is 3.27. The highest BCUT2D eigenvalue weighted by molar-refractivity contribution is 5.95. The molecule has 0 saturated carbocycles. The second kappa shape index (κ2) is 8.24. The molecule has 0 aliphatic carbocycles. The lowest BCUT2D eigenvalue weighted by atomic mass is 10.1. The largest absolute Gasteiger partial charge is 0.493 e. The zero-order chi connectivity index (χ0) is 19.4. The minimum Gasteiger partial charge on any atom is -0.493 e. The highest BCUT2D eigenvalue weighted by atomic mass is 16.5. The van der Waals surface area contributed by atoms with Crippen molar-refractivity contribution in [2.45, 2.75) is 32.8 Å². The van der Waals surface area contributed by atoms with Crippen molar-refractivity contribution in [3.8, 4) is 17.5 Å². The Morgan fingerprint density at radius 2 is 1.78 bits per heavy atom. The number of aromatic nitrogens is 2. The van der Waals surface area contributed by atoms with Crippen LogP contribution in [0.5, 0.6) is 17.5 Å². The highest BCUT2D eigenvalue weighted by Gasteiger charge is 2.27. The highest BCUT2D eigenvalue weighted by Crippen LogP contribution is 2.28. The van der Waals surface area contributed by atoms with E-state index in [1.165, 1.54) is 0 Å². The smallest absolute Gasteiger partial charge is 0.317 e. The predicted molar refractivity (Wildman–Crippen MR) is 101 cm³/mol. The Morgan fingerprint density at radius 3 is 2.44 bits per heavy atom. The van der Waals surface area contributed by atoms with Crippen molar-refractivity contribution in [1.29, 1.82) is 0 Å². The first-order valence-corrected chi connectivity index (χ1v) is 9.00. The van der Waals surface area contributed by atoms with E-state index in [1.807, 2.05) is 19.9 Å². The minimum absolute atomic E-state index is 0.0504. The van der Waals surface area contributed by atoms with Crippen LogP contribution in [0.4, 0.5) is 0 Å². The van der Waals surface area contributed by atoms with Gasteiger partial charge in [0.25, 0.3) is 5.91 Å². The second-order valence-electron chi connectivity index (χ2n) is 6.64. The topological polar surface area (TPSA) is 73.8 Å². The van der Waals surface area contributed by atoms with Gasteiger partial charge in [0.2, 0.25) is 0 Å². The first-order valence-electron chi connectivity index (χ1n) is 9.00. The normalized spacial score (nSPS) is 16.7. The van der Waals surface area contributed by atoms with Gasteiger partial charge in [0.15, 0.2) is 11.5 Å².